The second kappa shape index (κ2) is 8.75. The number of phenolic OH excluding ortho intramolecular Hbond substituents is 1. The Morgan fingerprint density at radius 1 is 1.16 bits per heavy atom. The van der Waals surface area contributed by atoms with Gasteiger partial charge in [0.15, 0.2) is 17.4 Å². The van der Waals surface area contributed by atoms with Crippen molar-refractivity contribution >= 4 is 5.91 Å². The van der Waals surface area contributed by atoms with E-state index in [1.54, 1.807) is 6.07 Å². The monoisotopic (exact) mass is 429 g/mol. The SMILES string of the molecule is Cc1ccc(-c2noc([C@H]3CC[C@H](CNC(=O)c4cc(F)c(O)c(F)c4)CC3)n2)nn1. The molecule has 0 saturated heterocycles. The number of carbonyl (C=O) groups excluding carboxylic acids is 1. The molecule has 1 saturated carbocycles. The molecule has 10 heteroatoms. The van der Waals surface area contributed by atoms with E-state index in [1.807, 2.05) is 13.0 Å². The second-order valence-corrected chi connectivity index (χ2v) is 7.73. The van der Waals surface area contributed by atoms with Crippen molar-refractivity contribution in [1.82, 2.24) is 25.7 Å². The summed E-state index contributed by atoms with van der Waals surface area (Å²) in [5, 5.41) is 23.9. The molecule has 2 aromatic heterocycles. The number of aromatic nitrogens is 4. The molecule has 1 fully saturated rings. The molecule has 0 aliphatic heterocycles. The van der Waals surface area contributed by atoms with Crippen LogP contribution in [-0.4, -0.2) is 37.9 Å². The lowest BCUT2D eigenvalue weighted by atomic mass is 9.82. The quantitative estimate of drug-likeness (QED) is 0.638. The van der Waals surface area contributed by atoms with Crippen LogP contribution in [0.5, 0.6) is 5.75 Å². The molecule has 0 bridgehead atoms. The Morgan fingerprint density at radius 3 is 2.52 bits per heavy atom. The lowest BCUT2D eigenvalue weighted by molar-refractivity contribution is 0.0941. The van der Waals surface area contributed by atoms with Gasteiger partial charge in [0.1, 0.15) is 5.69 Å². The maximum atomic E-state index is 13.4. The molecule has 1 aliphatic rings. The zero-order valence-corrected chi connectivity index (χ0v) is 16.8. The molecule has 1 aromatic carbocycles. The molecule has 0 atom stereocenters. The Labute approximate surface area is 176 Å². The number of hydrogen-bond donors (Lipinski definition) is 2. The fourth-order valence-corrected chi connectivity index (χ4v) is 3.67. The molecule has 1 amide bonds. The predicted molar refractivity (Wildman–Crippen MR) is 105 cm³/mol. The van der Waals surface area contributed by atoms with Gasteiger partial charge in [-0.2, -0.15) is 10.1 Å². The zero-order chi connectivity index (χ0) is 22.0. The molecule has 4 rings (SSSR count). The minimum absolute atomic E-state index is 0.131. The number of phenols is 1. The number of hydrogen-bond acceptors (Lipinski definition) is 7. The lowest BCUT2D eigenvalue weighted by Crippen LogP contribution is -2.31. The van der Waals surface area contributed by atoms with Gasteiger partial charge in [-0.05, 0) is 62.8 Å². The fraction of sp³-hybridized carbons (Fsp3) is 0.381. The number of halogens is 2. The minimum Gasteiger partial charge on any atom is -0.503 e. The van der Waals surface area contributed by atoms with Crippen LogP contribution in [0.15, 0.2) is 28.8 Å². The van der Waals surface area contributed by atoms with Crippen LogP contribution in [0.3, 0.4) is 0 Å². The molecule has 1 aliphatic carbocycles. The average molecular weight is 429 g/mol. The average Bonchev–Trinajstić information content (AvgIpc) is 3.26. The third kappa shape index (κ3) is 4.68. The van der Waals surface area contributed by atoms with Crippen molar-refractivity contribution in [3.8, 4) is 17.3 Å². The summed E-state index contributed by atoms with van der Waals surface area (Å²) in [6.45, 7) is 2.24. The highest BCUT2D eigenvalue weighted by molar-refractivity contribution is 5.94. The summed E-state index contributed by atoms with van der Waals surface area (Å²) in [5.74, 6) is -2.67. The highest BCUT2D eigenvalue weighted by atomic mass is 19.1. The van der Waals surface area contributed by atoms with Crippen molar-refractivity contribution in [2.24, 2.45) is 5.92 Å². The van der Waals surface area contributed by atoms with Crippen molar-refractivity contribution < 1.29 is 23.2 Å². The first-order valence-corrected chi connectivity index (χ1v) is 10.0. The summed E-state index contributed by atoms with van der Waals surface area (Å²) < 4.78 is 32.3. The summed E-state index contributed by atoms with van der Waals surface area (Å²) >= 11 is 0. The van der Waals surface area contributed by atoms with Crippen molar-refractivity contribution in [3.63, 3.8) is 0 Å². The molecule has 0 spiro atoms. The zero-order valence-electron chi connectivity index (χ0n) is 16.8. The van der Waals surface area contributed by atoms with Gasteiger partial charge in [-0.15, -0.1) is 5.10 Å². The predicted octanol–water partition coefficient (Wildman–Crippen LogP) is 3.52. The Bertz CT molecular complexity index is 1060. The Balaban J connectivity index is 1.29. The van der Waals surface area contributed by atoms with Crippen LogP contribution >= 0.6 is 0 Å². The molecule has 0 unspecified atom stereocenters. The first-order valence-electron chi connectivity index (χ1n) is 10.0. The number of carbonyl (C=O) groups is 1. The normalized spacial score (nSPS) is 18.7. The number of benzene rings is 1. The van der Waals surface area contributed by atoms with E-state index in [1.165, 1.54) is 0 Å². The van der Waals surface area contributed by atoms with Gasteiger partial charge < -0.3 is 14.9 Å². The third-order valence-corrected chi connectivity index (χ3v) is 5.50. The van der Waals surface area contributed by atoms with Crippen molar-refractivity contribution in [2.75, 3.05) is 6.54 Å². The summed E-state index contributed by atoms with van der Waals surface area (Å²) in [4.78, 5) is 16.6. The lowest BCUT2D eigenvalue weighted by Gasteiger charge is -2.26. The van der Waals surface area contributed by atoms with E-state index in [-0.39, 0.29) is 17.4 Å². The number of amides is 1. The van der Waals surface area contributed by atoms with Crippen LogP contribution in [-0.2, 0) is 0 Å². The van der Waals surface area contributed by atoms with Crippen molar-refractivity contribution in [3.05, 3.63) is 53.0 Å². The van der Waals surface area contributed by atoms with E-state index < -0.39 is 23.3 Å². The van der Waals surface area contributed by atoms with Crippen LogP contribution in [0.2, 0.25) is 0 Å². The number of nitrogens with one attached hydrogen (secondary N) is 1. The molecular weight excluding hydrogens is 408 g/mol. The molecule has 8 nitrogen and oxygen atoms in total. The standard InChI is InChI=1S/C21H21F2N5O3/c1-11-2-7-17(27-26-11)19-25-21(31-28-19)13-5-3-12(4-6-13)10-24-20(30)14-8-15(22)18(29)16(23)9-14/h2,7-9,12-13,29H,3-6,10H2,1H3,(H,24,30)/t12-,13-. The number of aryl methyl sites for hydroxylation is 1. The first-order chi connectivity index (χ1) is 14.9. The highest BCUT2D eigenvalue weighted by Gasteiger charge is 2.27. The summed E-state index contributed by atoms with van der Waals surface area (Å²) in [5.41, 5.74) is 1.19. The van der Waals surface area contributed by atoms with E-state index in [2.05, 4.69) is 25.7 Å². The summed E-state index contributed by atoms with van der Waals surface area (Å²) in [7, 11) is 0. The summed E-state index contributed by atoms with van der Waals surface area (Å²) in [6.07, 6.45) is 3.32. The van der Waals surface area contributed by atoms with E-state index >= 15 is 0 Å². The minimum atomic E-state index is -1.17. The van der Waals surface area contributed by atoms with Crippen LogP contribution in [0, 0.1) is 24.5 Å². The molecule has 2 N–H and O–H groups in total. The molecule has 2 heterocycles. The van der Waals surface area contributed by atoms with E-state index in [0.29, 0.717) is 24.0 Å². The van der Waals surface area contributed by atoms with E-state index in [4.69, 9.17) is 9.63 Å². The van der Waals surface area contributed by atoms with Gasteiger partial charge >= 0.3 is 0 Å². The Hall–Kier alpha value is -3.43. The van der Waals surface area contributed by atoms with Crippen LogP contribution in [0.25, 0.3) is 11.5 Å². The number of rotatable bonds is 5. The smallest absolute Gasteiger partial charge is 0.251 e. The Kier molecular flexibility index (Phi) is 5.88. The van der Waals surface area contributed by atoms with Gasteiger partial charge in [0.2, 0.25) is 11.7 Å². The van der Waals surface area contributed by atoms with Gasteiger partial charge in [0.25, 0.3) is 5.91 Å². The fourth-order valence-electron chi connectivity index (χ4n) is 3.67. The molecule has 3 aromatic rings. The molecule has 31 heavy (non-hydrogen) atoms. The first kappa shape index (κ1) is 20.8. The van der Waals surface area contributed by atoms with E-state index in [9.17, 15) is 13.6 Å². The second-order valence-electron chi connectivity index (χ2n) is 7.73. The van der Waals surface area contributed by atoms with Crippen LogP contribution in [0.1, 0.15) is 53.5 Å². The van der Waals surface area contributed by atoms with Crippen LogP contribution < -0.4 is 5.32 Å². The maximum Gasteiger partial charge on any atom is 0.251 e. The van der Waals surface area contributed by atoms with Gasteiger partial charge in [0.05, 0.1) is 5.69 Å². The van der Waals surface area contributed by atoms with Gasteiger partial charge in [-0.25, -0.2) is 8.78 Å². The third-order valence-electron chi connectivity index (χ3n) is 5.50. The van der Waals surface area contributed by atoms with Gasteiger partial charge in [-0.3, -0.25) is 4.79 Å². The largest absolute Gasteiger partial charge is 0.503 e. The number of aromatic hydroxyl groups is 1. The topological polar surface area (TPSA) is 114 Å². The van der Waals surface area contributed by atoms with Gasteiger partial charge in [0, 0.05) is 18.0 Å². The van der Waals surface area contributed by atoms with Crippen LogP contribution in [0.4, 0.5) is 8.78 Å². The summed E-state index contributed by atoms with van der Waals surface area (Å²) in [6, 6.07) is 5.26. The van der Waals surface area contributed by atoms with Crippen molar-refractivity contribution in [1.29, 1.82) is 0 Å². The van der Waals surface area contributed by atoms with Crippen molar-refractivity contribution in [2.45, 2.75) is 38.5 Å². The Morgan fingerprint density at radius 2 is 1.87 bits per heavy atom. The van der Waals surface area contributed by atoms with E-state index in [0.717, 1.165) is 43.5 Å². The number of nitrogens with zero attached hydrogens (tertiary/aromatic N) is 4. The van der Waals surface area contributed by atoms with Gasteiger partial charge in [-0.1, -0.05) is 5.16 Å². The molecule has 162 valence electrons. The molecule has 0 radical (unpaired) electrons. The maximum absolute atomic E-state index is 13.4. The highest BCUT2D eigenvalue weighted by Crippen LogP contribution is 2.35. The molecular formula is C21H21F2N5O3.